The van der Waals surface area contributed by atoms with Gasteiger partial charge in [0.05, 0.1) is 56.5 Å². The van der Waals surface area contributed by atoms with E-state index in [-0.39, 0.29) is 22.6 Å². The van der Waals surface area contributed by atoms with Gasteiger partial charge in [-0.1, -0.05) is 54.7 Å². The summed E-state index contributed by atoms with van der Waals surface area (Å²) in [5.41, 5.74) is 10.0. The summed E-state index contributed by atoms with van der Waals surface area (Å²) in [5.74, 6) is 3.75. The number of fused-ring (bicyclic) bond motifs is 21. The second-order valence-corrected chi connectivity index (χ2v) is 33.3. The molecule has 21 rings (SSSR count). The number of ether oxygens (including phenoxy) is 3. The van der Waals surface area contributed by atoms with E-state index in [1.807, 2.05) is 116 Å². The molecule has 5 aliphatic heterocycles. The molecule has 9 aromatic heterocycles. The molecular formula is C96H103N21O7. The zero-order valence-electron chi connectivity index (χ0n) is 70.5. The topological polar surface area (TPSA) is 263 Å². The smallest absolute Gasteiger partial charge is 0.278 e. The molecule has 0 atom stereocenters. The van der Waals surface area contributed by atoms with Crippen LogP contribution in [0.3, 0.4) is 0 Å². The highest BCUT2D eigenvalue weighted by Crippen LogP contribution is 2.37. The summed E-state index contributed by atoms with van der Waals surface area (Å²) in [6.07, 6.45) is 38.3. The average molecular weight is 1660 g/mol. The Kier molecular flexibility index (Phi) is 22.9. The number of hydrogen-bond donors (Lipinski definition) is 3. The Morgan fingerprint density at radius 1 is 0.411 bits per heavy atom. The Morgan fingerprint density at radius 2 is 0.758 bits per heavy atom. The summed E-state index contributed by atoms with van der Waals surface area (Å²) in [6, 6.07) is 51.0. The van der Waals surface area contributed by atoms with Gasteiger partial charge in [0, 0.05) is 149 Å². The molecule has 2 saturated heterocycles. The van der Waals surface area contributed by atoms with Crippen LogP contribution >= 0.6 is 0 Å². The van der Waals surface area contributed by atoms with Crippen molar-refractivity contribution in [2.45, 2.75) is 141 Å². The second kappa shape index (κ2) is 35.5. The number of likely N-dealkylation sites (tertiary alicyclic amines) is 2. The molecule has 0 unspecified atom stereocenters. The maximum absolute atomic E-state index is 13.5. The summed E-state index contributed by atoms with van der Waals surface area (Å²) < 4.78 is 35.8. The van der Waals surface area contributed by atoms with Crippen molar-refractivity contribution >= 4 is 107 Å². The SMILES string of the molecule is CC(=O)N1CCC(n2ccc3cc(Nc4ncc5c(=O)n6n(c5n4)-c4cccc(c4)OCCCC=CC6)ccc32)CC1.CN(C)C1CCC(n2ccc3cc(Nc4ncc5c(=O)n6n(c5n4)-c4cccc(c4)OCCCC=CC6)ccc32)CC1.CN1CCC(n2ccc3cc(Nc4ncc5c(=O)n6n(c5n4)-c4cccc(c4)OCCCC=CC6)ccc32)CC1. The Hall–Kier alpha value is -13.6. The molecule has 3 N–H and O–H groups in total. The molecule has 1 aliphatic carbocycles. The molecule has 15 aromatic rings. The lowest BCUT2D eigenvalue weighted by Gasteiger charge is -2.33. The zero-order chi connectivity index (χ0) is 84.3. The number of carbonyl (C=O) groups is 1. The third-order valence-electron chi connectivity index (χ3n) is 25.0. The highest BCUT2D eigenvalue weighted by Gasteiger charge is 2.29. The minimum atomic E-state index is -0.138. The van der Waals surface area contributed by atoms with Crippen LogP contribution in [0.4, 0.5) is 34.9 Å². The summed E-state index contributed by atoms with van der Waals surface area (Å²) in [5, 5.41) is 15.0. The molecule has 634 valence electrons. The third kappa shape index (κ3) is 16.7. The predicted molar refractivity (Wildman–Crippen MR) is 488 cm³/mol. The van der Waals surface area contributed by atoms with Gasteiger partial charge in [0.15, 0.2) is 16.9 Å². The lowest BCUT2D eigenvalue weighted by Crippen LogP contribution is -2.37. The van der Waals surface area contributed by atoms with Crippen molar-refractivity contribution < 1.29 is 19.0 Å². The number of anilines is 6. The predicted octanol–water partition coefficient (Wildman–Crippen LogP) is 16.5. The van der Waals surface area contributed by atoms with Gasteiger partial charge >= 0.3 is 0 Å². The Balaban J connectivity index is 0.000000122. The van der Waals surface area contributed by atoms with E-state index in [9.17, 15) is 19.2 Å². The van der Waals surface area contributed by atoms with Crippen molar-refractivity contribution in [3.63, 3.8) is 0 Å². The first-order valence-electron chi connectivity index (χ1n) is 43.6. The van der Waals surface area contributed by atoms with Crippen LogP contribution in [-0.2, 0) is 24.4 Å². The quantitative estimate of drug-likeness (QED) is 0.107. The van der Waals surface area contributed by atoms with Crippen molar-refractivity contribution in [1.82, 2.24) is 86.4 Å². The average Bonchev–Trinajstić information content (AvgIpc) is 1.61. The molecular weight excluding hydrogens is 1560 g/mol. The van der Waals surface area contributed by atoms with Gasteiger partial charge in [-0.15, -0.1) is 0 Å². The second-order valence-electron chi connectivity index (χ2n) is 33.3. The van der Waals surface area contributed by atoms with Crippen LogP contribution in [0, 0.1) is 0 Å². The molecule has 6 bridgehead atoms. The molecule has 124 heavy (non-hydrogen) atoms. The first-order valence-corrected chi connectivity index (χ1v) is 43.6. The Bertz CT molecular complexity index is 6740. The summed E-state index contributed by atoms with van der Waals surface area (Å²) in [7, 11) is 6.57. The number of rotatable bonds is 10. The van der Waals surface area contributed by atoms with Crippen LogP contribution in [-0.4, -0.2) is 165 Å². The van der Waals surface area contributed by atoms with Crippen LogP contribution < -0.4 is 46.8 Å². The van der Waals surface area contributed by atoms with Gasteiger partial charge in [0.25, 0.3) is 16.7 Å². The van der Waals surface area contributed by atoms with E-state index in [0.717, 1.165) is 140 Å². The number of piperidine rings is 2. The van der Waals surface area contributed by atoms with Crippen molar-refractivity contribution in [1.29, 1.82) is 0 Å². The van der Waals surface area contributed by atoms with E-state index in [0.29, 0.717) is 115 Å². The maximum atomic E-state index is 13.5. The lowest BCUT2D eigenvalue weighted by atomic mass is 9.90. The molecule has 28 heteroatoms. The normalized spacial score (nSPS) is 17.4. The molecule has 6 aliphatic rings. The summed E-state index contributed by atoms with van der Waals surface area (Å²) >= 11 is 0. The van der Waals surface area contributed by atoms with E-state index in [1.54, 1.807) is 39.6 Å². The number of hydrogen-bond acceptors (Lipinski definition) is 18. The Labute approximate surface area is 716 Å². The van der Waals surface area contributed by atoms with E-state index < -0.39 is 0 Å². The van der Waals surface area contributed by atoms with Crippen molar-refractivity contribution in [3.8, 4) is 34.3 Å². The monoisotopic (exact) mass is 1660 g/mol. The lowest BCUT2D eigenvalue weighted by molar-refractivity contribution is -0.130. The number of nitrogens with one attached hydrogen (secondary N) is 3. The van der Waals surface area contributed by atoms with E-state index in [2.05, 4.69) is 179 Å². The first-order chi connectivity index (χ1) is 60.7. The van der Waals surface area contributed by atoms with E-state index >= 15 is 0 Å². The van der Waals surface area contributed by atoms with E-state index in [1.165, 1.54) is 60.3 Å². The minimum absolute atomic E-state index is 0.119. The van der Waals surface area contributed by atoms with Crippen LogP contribution in [0.1, 0.15) is 115 Å². The number of amides is 1. The third-order valence-corrected chi connectivity index (χ3v) is 25.0. The number of nitrogens with zero attached hydrogens (tertiary/aromatic N) is 18. The molecule has 0 radical (unpaired) electrons. The van der Waals surface area contributed by atoms with Gasteiger partial charge in [0.1, 0.15) is 33.4 Å². The fourth-order valence-electron chi connectivity index (χ4n) is 18.4. The van der Waals surface area contributed by atoms with Crippen molar-refractivity contribution in [2.24, 2.45) is 0 Å². The molecule has 6 aromatic carbocycles. The van der Waals surface area contributed by atoms with Crippen LogP contribution in [0.2, 0.25) is 0 Å². The van der Waals surface area contributed by atoms with Crippen LogP contribution in [0.25, 0.3) is 82.9 Å². The van der Waals surface area contributed by atoms with Gasteiger partial charge in [0.2, 0.25) is 23.8 Å². The molecule has 1 saturated carbocycles. The number of benzene rings is 6. The van der Waals surface area contributed by atoms with Gasteiger partial charge < -0.3 is 58.6 Å². The highest BCUT2D eigenvalue weighted by molar-refractivity contribution is 5.88. The molecule has 1 amide bonds. The van der Waals surface area contributed by atoms with Gasteiger partial charge in [-0.05, 0) is 233 Å². The zero-order valence-corrected chi connectivity index (χ0v) is 70.5. The maximum Gasteiger partial charge on any atom is 0.278 e. The van der Waals surface area contributed by atoms with Crippen molar-refractivity contribution in [2.75, 3.05) is 83.1 Å². The van der Waals surface area contributed by atoms with Gasteiger partial charge in [-0.25, -0.2) is 43.0 Å². The minimum Gasteiger partial charge on any atom is -0.494 e. The van der Waals surface area contributed by atoms with E-state index in [4.69, 9.17) is 29.2 Å². The standard InChI is InChI=1S/C33H37N7O2.C32H33N7O3.C31H33N7O2/c1-37(2)25-11-13-26(14-12-25)38-18-16-23-20-24(10-15-30(23)38)35-33-34-22-29-31(36-33)40-27-8-7-9-28(21-27)42-19-6-4-3-5-17-39(40)32(29)41;1-22(40)36-15-12-25(13-16-36)37-17-11-23-19-24(9-10-29(23)37)34-32-33-21-28-30(35-32)39-26-7-6-8-27(20-26)42-18-5-3-2-4-14-38(39)31(28)41;1-35-15-12-24(13-16-35)36-17-11-22-19-23(9-10-28(22)36)33-31-32-21-27-29(34-31)38-25-7-6-8-26(20-25)40-18-5-3-2-4-14-37(38)30(27)39/h3,5,7-10,15-16,18,20-22,25-26H,4,6,11-14,17,19H2,1-2H3,(H,34,35,36);2,4,6-11,17,19-21,25H,3,5,12-16,18H2,1H3,(H,33,34,35);2,4,6-11,17,19-21,24H,3,5,12-16,18H2,1H3,(H,32,33,34). The van der Waals surface area contributed by atoms with Gasteiger partial charge in [-0.3, -0.25) is 19.2 Å². The first kappa shape index (κ1) is 80.1. The van der Waals surface area contributed by atoms with Crippen molar-refractivity contribution in [3.05, 3.63) is 250 Å². The number of carbonyl (C=O) groups excluding carboxylic acids is 1. The fourth-order valence-corrected chi connectivity index (χ4v) is 18.4. The molecule has 3 fully saturated rings. The molecule has 14 heterocycles. The number of allylic oxidation sites excluding steroid dienone is 6. The Morgan fingerprint density at radius 3 is 1.10 bits per heavy atom. The summed E-state index contributed by atoms with van der Waals surface area (Å²) in [6.45, 7) is 8.75. The van der Waals surface area contributed by atoms with Crippen LogP contribution in [0.15, 0.2) is 234 Å². The molecule has 28 nitrogen and oxygen atoms in total. The largest absolute Gasteiger partial charge is 0.494 e. The highest BCUT2D eigenvalue weighted by atomic mass is 16.5. The van der Waals surface area contributed by atoms with Crippen LogP contribution in [0.5, 0.6) is 17.2 Å². The number of aromatic nitrogens is 15. The fraction of sp³-hybridized carbons (Fsp3) is 0.333. The summed E-state index contributed by atoms with van der Waals surface area (Å²) in [4.78, 5) is 86.8. The molecule has 0 spiro atoms. The van der Waals surface area contributed by atoms with Gasteiger partial charge in [-0.2, -0.15) is 15.0 Å².